The van der Waals surface area contributed by atoms with Crippen molar-refractivity contribution in [2.45, 2.75) is 63.6 Å². The van der Waals surface area contributed by atoms with Gasteiger partial charge in [0.25, 0.3) is 0 Å². The minimum atomic E-state index is -0.482. The number of nitrogens with one attached hydrogen (secondary N) is 1. The van der Waals surface area contributed by atoms with Gasteiger partial charge in [-0.1, -0.05) is 13.3 Å². The van der Waals surface area contributed by atoms with Gasteiger partial charge in [0.2, 0.25) is 5.91 Å². The lowest BCUT2D eigenvalue weighted by atomic mass is 9.82. The Morgan fingerprint density at radius 3 is 2.56 bits per heavy atom. The third-order valence-electron chi connectivity index (χ3n) is 4.57. The Kier molecular flexibility index (Phi) is 4.23. The van der Waals surface area contributed by atoms with E-state index in [0.717, 1.165) is 12.8 Å². The van der Waals surface area contributed by atoms with E-state index < -0.39 is 5.92 Å². The molecule has 1 amide bonds. The number of nitriles is 1. The van der Waals surface area contributed by atoms with Gasteiger partial charge < -0.3 is 10.2 Å². The summed E-state index contributed by atoms with van der Waals surface area (Å²) in [6.45, 7) is 1.89. The highest BCUT2D eigenvalue weighted by atomic mass is 16.1. The first-order valence-corrected chi connectivity index (χ1v) is 7.07. The number of carbonyl (C=O) groups is 1. The molecular weight excluding hydrogens is 226 g/mol. The number of rotatable bonds is 3. The fourth-order valence-corrected chi connectivity index (χ4v) is 3.37. The van der Waals surface area contributed by atoms with Gasteiger partial charge in [0.1, 0.15) is 5.92 Å². The van der Waals surface area contributed by atoms with Crippen molar-refractivity contribution in [3.05, 3.63) is 0 Å². The predicted octanol–water partition coefficient (Wildman–Crippen LogP) is 1.67. The van der Waals surface area contributed by atoms with Gasteiger partial charge in [-0.15, -0.1) is 0 Å². The number of nitrogens with zero attached hydrogens (tertiary/aromatic N) is 2. The van der Waals surface area contributed by atoms with E-state index in [9.17, 15) is 4.79 Å². The van der Waals surface area contributed by atoms with Crippen LogP contribution in [0.5, 0.6) is 0 Å². The maximum absolute atomic E-state index is 11.9. The zero-order valence-corrected chi connectivity index (χ0v) is 11.4. The van der Waals surface area contributed by atoms with Crippen LogP contribution in [0, 0.1) is 17.2 Å². The average Bonchev–Trinajstić information content (AvgIpc) is 2.32. The van der Waals surface area contributed by atoms with Crippen molar-refractivity contribution in [2.75, 3.05) is 7.05 Å². The van der Waals surface area contributed by atoms with Gasteiger partial charge in [-0.2, -0.15) is 5.26 Å². The smallest absolute Gasteiger partial charge is 0.237 e. The fourth-order valence-electron chi connectivity index (χ4n) is 3.37. The van der Waals surface area contributed by atoms with E-state index in [2.05, 4.69) is 23.3 Å². The molecule has 0 aromatic carbocycles. The number of hydrogen-bond donors (Lipinski definition) is 1. The number of fused-ring (bicyclic) bond motifs is 2. The molecule has 100 valence electrons. The van der Waals surface area contributed by atoms with Crippen LogP contribution in [-0.2, 0) is 4.79 Å². The minimum absolute atomic E-state index is 0.0763. The van der Waals surface area contributed by atoms with Crippen LogP contribution in [0.4, 0.5) is 0 Å². The monoisotopic (exact) mass is 249 g/mol. The largest absolute Gasteiger partial charge is 0.352 e. The van der Waals surface area contributed by atoms with Crippen molar-refractivity contribution in [2.24, 2.45) is 5.92 Å². The summed E-state index contributed by atoms with van der Waals surface area (Å²) in [5.74, 6) is -0.558. The van der Waals surface area contributed by atoms with Crippen LogP contribution in [0.25, 0.3) is 0 Å². The van der Waals surface area contributed by atoms with Crippen LogP contribution >= 0.6 is 0 Å². The molecule has 4 heteroatoms. The summed E-state index contributed by atoms with van der Waals surface area (Å²) < 4.78 is 0. The van der Waals surface area contributed by atoms with Crippen LogP contribution in [0.1, 0.15) is 45.4 Å². The third kappa shape index (κ3) is 2.67. The molecule has 2 aliphatic rings. The molecule has 4 nitrogen and oxygen atoms in total. The molecule has 0 aliphatic carbocycles. The van der Waals surface area contributed by atoms with Gasteiger partial charge in [0, 0.05) is 18.1 Å². The number of hydrogen-bond acceptors (Lipinski definition) is 3. The lowest BCUT2D eigenvalue weighted by molar-refractivity contribution is -0.125. The molecule has 0 spiro atoms. The predicted molar refractivity (Wildman–Crippen MR) is 69.7 cm³/mol. The van der Waals surface area contributed by atoms with Crippen LogP contribution in [-0.4, -0.2) is 36.0 Å². The van der Waals surface area contributed by atoms with Crippen molar-refractivity contribution >= 4 is 5.91 Å². The summed E-state index contributed by atoms with van der Waals surface area (Å²) in [6.07, 6.45) is 6.49. The Morgan fingerprint density at radius 2 is 2.06 bits per heavy atom. The Labute approximate surface area is 109 Å². The first-order valence-electron chi connectivity index (χ1n) is 7.07. The molecule has 0 saturated carbocycles. The van der Waals surface area contributed by atoms with Gasteiger partial charge in [-0.25, -0.2) is 0 Å². The van der Waals surface area contributed by atoms with Crippen LogP contribution < -0.4 is 5.32 Å². The first kappa shape index (κ1) is 13.4. The van der Waals surface area contributed by atoms with Crippen molar-refractivity contribution < 1.29 is 4.79 Å². The van der Waals surface area contributed by atoms with Crippen molar-refractivity contribution in [1.29, 1.82) is 5.26 Å². The average molecular weight is 249 g/mol. The molecule has 2 rings (SSSR count). The maximum atomic E-state index is 11.9. The highest BCUT2D eigenvalue weighted by Crippen LogP contribution is 2.32. The van der Waals surface area contributed by atoms with Crippen LogP contribution in [0.3, 0.4) is 0 Å². The second kappa shape index (κ2) is 5.71. The molecular formula is C14H23N3O. The first-order chi connectivity index (χ1) is 8.65. The van der Waals surface area contributed by atoms with Gasteiger partial charge in [-0.05, 0) is 39.2 Å². The highest BCUT2D eigenvalue weighted by Gasteiger charge is 2.36. The van der Waals surface area contributed by atoms with Crippen LogP contribution in [0.15, 0.2) is 0 Å². The molecule has 0 aromatic heterocycles. The molecule has 0 radical (unpaired) electrons. The Morgan fingerprint density at radius 1 is 1.44 bits per heavy atom. The number of piperidine rings is 2. The van der Waals surface area contributed by atoms with Gasteiger partial charge in [0.15, 0.2) is 0 Å². The summed E-state index contributed by atoms with van der Waals surface area (Å²) in [7, 11) is 2.21. The summed E-state index contributed by atoms with van der Waals surface area (Å²) in [5, 5.41) is 12.0. The highest BCUT2D eigenvalue weighted by molar-refractivity contribution is 5.81. The molecule has 3 unspecified atom stereocenters. The number of carbonyl (C=O) groups excluding carboxylic acids is 1. The van der Waals surface area contributed by atoms with Crippen molar-refractivity contribution in [1.82, 2.24) is 10.2 Å². The third-order valence-corrected chi connectivity index (χ3v) is 4.57. The second-order valence-electron chi connectivity index (χ2n) is 5.67. The summed E-state index contributed by atoms with van der Waals surface area (Å²) in [6, 6.07) is 3.58. The molecule has 3 atom stereocenters. The van der Waals surface area contributed by atoms with E-state index in [4.69, 9.17) is 5.26 Å². The van der Waals surface area contributed by atoms with Gasteiger partial charge >= 0.3 is 0 Å². The Hall–Kier alpha value is -1.08. The van der Waals surface area contributed by atoms with Crippen molar-refractivity contribution in [3.63, 3.8) is 0 Å². The van der Waals surface area contributed by atoms with E-state index in [1.165, 1.54) is 19.3 Å². The Bertz CT molecular complexity index is 335. The fraction of sp³-hybridized carbons (Fsp3) is 0.857. The molecule has 1 N–H and O–H groups in total. The molecule has 2 bridgehead atoms. The van der Waals surface area contributed by atoms with Gasteiger partial charge in [0.05, 0.1) is 6.07 Å². The van der Waals surface area contributed by atoms with E-state index in [1.54, 1.807) is 0 Å². The quantitative estimate of drug-likeness (QED) is 0.827. The molecule has 2 aliphatic heterocycles. The summed E-state index contributed by atoms with van der Waals surface area (Å²) >= 11 is 0. The Balaban J connectivity index is 1.92. The van der Waals surface area contributed by atoms with Crippen LogP contribution in [0.2, 0.25) is 0 Å². The van der Waals surface area contributed by atoms with E-state index in [-0.39, 0.29) is 11.9 Å². The SMILES string of the molecule is CCC(C#N)C(=O)NC1CC2CCCC(C1)N2C. The van der Waals surface area contributed by atoms with Crippen molar-refractivity contribution in [3.8, 4) is 6.07 Å². The summed E-state index contributed by atoms with van der Waals surface area (Å²) in [4.78, 5) is 14.4. The maximum Gasteiger partial charge on any atom is 0.237 e. The van der Waals surface area contributed by atoms with E-state index in [0.29, 0.717) is 18.5 Å². The zero-order chi connectivity index (χ0) is 13.1. The topological polar surface area (TPSA) is 56.1 Å². The normalized spacial score (nSPS) is 33.5. The molecule has 2 fully saturated rings. The number of amides is 1. The second-order valence-corrected chi connectivity index (χ2v) is 5.67. The summed E-state index contributed by atoms with van der Waals surface area (Å²) in [5.41, 5.74) is 0. The van der Waals surface area contributed by atoms with E-state index in [1.807, 2.05) is 6.92 Å². The molecule has 0 aromatic rings. The molecule has 2 heterocycles. The lowest BCUT2D eigenvalue weighted by Gasteiger charge is -2.47. The molecule has 2 saturated heterocycles. The van der Waals surface area contributed by atoms with E-state index >= 15 is 0 Å². The van der Waals surface area contributed by atoms with Gasteiger partial charge in [-0.3, -0.25) is 4.79 Å². The lowest BCUT2D eigenvalue weighted by Crippen LogP contribution is -2.55. The standard InChI is InChI=1S/C14H23N3O/c1-3-10(9-15)14(18)16-11-7-12-5-4-6-13(8-11)17(12)2/h10-13H,3-8H2,1-2H3,(H,16,18). The minimum Gasteiger partial charge on any atom is -0.352 e. The zero-order valence-electron chi connectivity index (χ0n) is 11.4. The molecule has 18 heavy (non-hydrogen) atoms.